The summed E-state index contributed by atoms with van der Waals surface area (Å²) >= 11 is 7.15. The fourth-order valence-corrected chi connectivity index (χ4v) is 3.51. The van der Waals surface area contributed by atoms with E-state index in [-0.39, 0.29) is 11.4 Å². The van der Waals surface area contributed by atoms with Gasteiger partial charge in [-0.05, 0) is 31.2 Å². The third-order valence-corrected chi connectivity index (χ3v) is 5.22. The maximum absolute atomic E-state index is 12.1. The van der Waals surface area contributed by atoms with Crippen LogP contribution in [0.1, 0.15) is 12.6 Å². The molecule has 0 fully saturated rings. The fraction of sp³-hybridized carbons (Fsp3) is 0.231. The molecule has 118 valence electrons. The zero-order chi connectivity index (χ0) is 16.2. The van der Waals surface area contributed by atoms with Gasteiger partial charge in [-0.15, -0.1) is 11.3 Å². The minimum atomic E-state index is -3.78. The number of hydrogen-bond acceptors (Lipinski definition) is 5. The smallest absolute Gasteiger partial charge is 0.241 e. The number of amides is 1. The van der Waals surface area contributed by atoms with Crippen molar-refractivity contribution in [1.82, 2.24) is 15.0 Å². The van der Waals surface area contributed by atoms with Crippen molar-refractivity contribution in [2.45, 2.75) is 24.4 Å². The molecule has 2 rings (SSSR count). The van der Waals surface area contributed by atoms with Crippen LogP contribution < -0.4 is 10.0 Å². The minimum Gasteiger partial charge on any atom is -0.349 e. The van der Waals surface area contributed by atoms with Gasteiger partial charge in [0.2, 0.25) is 15.9 Å². The van der Waals surface area contributed by atoms with Crippen molar-refractivity contribution in [3.8, 4) is 0 Å². The van der Waals surface area contributed by atoms with Gasteiger partial charge in [0.1, 0.15) is 0 Å². The van der Waals surface area contributed by atoms with Crippen molar-refractivity contribution < 1.29 is 13.2 Å². The number of nitrogens with zero attached hydrogens (tertiary/aromatic N) is 1. The molecule has 0 aliphatic rings. The number of hydrogen-bond donors (Lipinski definition) is 2. The van der Waals surface area contributed by atoms with Gasteiger partial charge in [0.15, 0.2) is 0 Å². The van der Waals surface area contributed by atoms with E-state index in [0.717, 1.165) is 5.69 Å². The molecule has 0 radical (unpaired) electrons. The molecule has 0 saturated heterocycles. The van der Waals surface area contributed by atoms with Crippen molar-refractivity contribution in [3.63, 3.8) is 0 Å². The lowest BCUT2D eigenvalue weighted by molar-refractivity contribution is -0.122. The zero-order valence-electron chi connectivity index (χ0n) is 11.6. The van der Waals surface area contributed by atoms with E-state index in [1.165, 1.54) is 42.5 Å². The highest BCUT2D eigenvalue weighted by molar-refractivity contribution is 7.89. The maximum Gasteiger partial charge on any atom is 0.241 e. The lowest BCUT2D eigenvalue weighted by Gasteiger charge is -2.14. The number of carbonyl (C=O) groups excluding carboxylic acids is 1. The Labute approximate surface area is 137 Å². The predicted octanol–water partition coefficient (Wildman–Crippen LogP) is 1.78. The molecule has 9 heteroatoms. The summed E-state index contributed by atoms with van der Waals surface area (Å²) in [6.07, 6.45) is 0. The Morgan fingerprint density at radius 1 is 1.36 bits per heavy atom. The minimum absolute atomic E-state index is 0.0519. The Hall–Kier alpha value is -1.48. The molecule has 6 nitrogen and oxygen atoms in total. The molecule has 1 aromatic carbocycles. The molecule has 0 aliphatic heterocycles. The summed E-state index contributed by atoms with van der Waals surface area (Å²) in [5, 5.41) is 4.87. The summed E-state index contributed by atoms with van der Waals surface area (Å²) in [7, 11) is -3.78. The molecule has 2 aromatic rings. The van der Waals surface area contributed by atoms with E-state index in [1.807, 2.05) is 5.38 Å². The fourth-order valence-electron chi connectivity index (χ4n) is 1.62. The van der Waals surface area contributed by atoms with Gasteiger partial charge in [0.25, 0.3) is 0 Å². The first-order chi connectivity index (χ1) is 10.4. The Morgan fingerprint density at radius 2 is 2.05 bits per heavy atom. The normalized spacial score (nSPS) is 12.8. The topological polar surface area (TPSA) is 88.2 Å². The largest absolute Gasteiger partial charge is 0.349 e. The van der Waals surface area contributed by atoms with Gasteiger partial charge in [0, 0.05) is 10.4 Å². The summed E-state index contributed by atoms with van der Waals surface area (Å²) in [5.74, 6) is -0.425. The highest BCUT2D eigenvalue weighted by Gasteiger charge is 2.21. The Bertz CT molecular complexity index is 730. The molecule has 0 spiro atoms. The average molecular weight is 360 g/mol. The molecule has 1 heterocycles. The van der Waals surface area contributed by atoms with Crippen LogP contribution >= 0.6 is 22.9 Å². The molecule has 0 aliphatic carbocycles. The van der Waals surface area contributed by atoms with Gasteiger partial charge in [-0.2, -0.15) is 4.72 Å². The number of carbonyl (C=O) groups is 1. The summed E-state index contributed by atoms with van der Waals surface area (Å²) in [4.78, 5) is 16.0. The van der Waals surface area contributed by atoms with Gasteiger partial charge in [-0.1, -0.05) is 11.6 Å². The van der Waals surface area contributed by atoms with Crippen LogP contribution in [-0.4, -0.2) is 25.4 Å². The first kappa shape index (κ1) is 16.9. The van der Waals surface area contributed by atoms with Gasteiger partial charge in [0.05, 0.1) is 28.7 Å². The number of thiazole rings is 1. The third-order valence-electron chi connectivity index (χ3n) is 2.78. The van der Waals surface area contributed by atoms with Crippen LogP contribution in [0.15, 0.2) is 40.1 Å². The van der Waals surface area contributed by atoms with Crippen molar-refractivity contribution >= 4 is 38.9 Å². The molecule has 0 bridgehead atoms. The number of sulfonamides is 1. The maximum atomic E-state index is 12.1. The molecule has 22 heavy (non-hydrogen) atoms. The van der Waals surface area contributed by atoms with Crippen LogP contribution in [0.3, 0.4) is 0 Å². The summed E-state index contributed by atoms with van der Waals surface area (Å²) in [6.45, 7) is 1.74. The standard InChI is InChI=1S/C13H14ClN3O3S2/c1-9(13(18)15-6-11-7-21-8-16-11)17-22(19,20)12-4-2-10(14)3-5-12/h2-5,7-9,17H,6H2,1H3,(H,15,18)/t9-/m1/s1. The second-order valence-corrected chi connectivity index (χ2v) is 7.36. The van der Waals surface area contributed by atoms with Gasteiger partial charge in [-0.25, -0.2) is 13.4 Å². The summed E-state index contributed by atoms with van der Waals surface area (Å²) in [6, 6.07) is 4.81. The predicted molar refractivity (Wildman–Crippen MR) is 85.2 cm³/mol. The van der Waals surface area contributed by atoms with Gasteiger partial charge in [-0.3, -0.25) is 4.79 Å². The average Bonchev–Trinajstić information content (AvgIpc) is 2.98. The van der Waals surface area contributed by atoms with E-state index in [1.54, 1.807) is 5.51 Å². The van der Waals surface area contributed by atoms with Crippen LogP contribution in [0.2, 0.25) is 5.02 Å². The second kappa shape index (κ2) is 7.19. The molecule has 2 N–H and O–H groups in total. The molecular weight excluding hydrogens is 346 g/mol. The quantitative estimate of drug-likeness (QED) is 0.822. The van der Waals surface area contributed by atoms with Crippen molar-refractivity contribution in [2.75, 3.05) is 0 Å². The molecule has 1 atom stereocenters. The van der Waals surface area contributed by atoms with E-state index >= 15 is 0 Å². The van der Waals surface area contributed by atoms with Gasteiger partial charge >= 0.3 is 0 Å². The van der Waals surface area contributed by atoms with Crippen LogP contribution in [0, 0.1) is 0 Å². The van der Waals surface area contributed by atoms with Crippen molar-refractivity contribution in [1.29, 1.82) is 0 Å². The van der Waals surface area contributed by atoms with Gasteiger partial charge < -0.3 is 5.32 Å². The van der Waals surface area contributed by atoms with E-state index < -0.39 is 22.0 Å². The molecule has 0 unspecified atom stereocenters. The third kappa shape index (κ3) is 4.51. The number of nitrogens with one attached hydrogen (secondary N) is 2. The monoisotopic (exact) mass is 359 g/mol. The van der Waals surface area contributed by atoms with Crippen LogP contribution in [-0.2, 0) is 21.4 Å². The highest BCUT2D eigenvalue weighted by atomic mass is 35.5. The number of rotatable bonds is 6. The second-order valence-electron chi connectivity index (χ2n) is 4.49. The molecular formula is C13H14ClN3O3S2. The summed E-state index contributed by atoms with van der Waals surface area (Å²) in [5.41, 5.74) is 2.39. The van der Waals surface area contributed by atoms with E-state index in [9.17, 15) is 13.2 Å². The highest BCUT2D eigenvalue weighted by Crippen LogP contribution is 2.14. The lowest BCUT2D eigenvalue weighted by atomic mass is 10.3. The molecule has 0 saturated carbocycles. The number of benzene rings is 1. The lowest BCUT2D eigenvalue weighted by Crippen LogP contribution is -2.44. The molecule has 1 aromatic heterocycles. The van der Waals surface area contributed by atoms with Crippen LogP contribution in [0.4, 0.5) is 0 Å². The van der Waals surface area contributed by atoms with E-state index in [4.69, 9.17) is 11.6 Å². The van der Waals surface area contributed by atoms with E-state index in [0.29, 0.717) is 5.02 Å². The van der Waals surface area contributed by atoms with Crippen LogP contribution in [0.5, 0.6) is 0 Å². The van der Waals surface area contributed by atoms with Crippen molar-refractivity contribution in [3.05, 3.63) is 45.9 Å². The van der Waals surface area contributed by atoms with Crippen molar-refractivity contribution in [2.24, 2.45) is 0 Å². The number of aromatic nitrogens is 1. The summed E-state index contributed by atoms with van der Waals surface area (Å²) < 4.78 is 26.6. The first-order valence-corrected chi connectivity index (χ1v) is 9.11. The number of halogens is 1. The van der Waals surface area contributed by atoms with Crippen LogP contribution in [0.25, 0.3) is 0 Å². The van der Waals surface area contributed by atoms with E-state index in [2.05, 4.69) is 15.0 Å². The Kier molecular flexibility index (Phi) is 5.52. The Balaban J connectivity index is 1.96. The zero-order valence-corrected chi connectivity index (χ0v) is 14.0. The SMILES string of the molecule is C[C@@H](NS(=O)(=O)c1ccc(Cl)cc1)C(=O)NCc1cscn1. The Morgan fingerprint density at radius 3 is 2.64 bits per heavy atom. The first-order valence-electron chi connectivity index (χ1n) is 6.31. The molecule has 1 amide bonds.